The predicted molar refractivity (Wildman–Crippen MR) is 86.6 cm³/mol. The van der Waals surface area contributed by atoms with Crippen LogP contribution in [0.5, 0.6) is 0 Å². The summed E-state index contributed by atoms with van der Waals surface area (Å²) in [7, 11) is 2.11. The van der Waals surface area contributed by atoms with Gasteiger partial charge in [-0.25, -0.2) is 0 Å². The fourth-order valence-corrected chi connectivity index (χ4v) is 3.55. The second-order valence-corrected chi connectivity index (χ2v) is 7.77. The van der Waals surface area contributed by atoms with Crippen LogP contribution in [0.25, 0.3) is 0 Å². The van der Waals surface area contributed by atoms with Crippen molar-refractivity contribution in [2.75, 3.05) is 13.6 Å². The number of hydrogen-bond acceptors (Lipinski definition) is 2. The molecule has 3 heteroatoms. The van der Waals surface area contributed by atoms with E-state index < -0.39 is 0 Å². The lowest BCUT2D eigenvalue weighted by molar-refractivity contribution is -0.127. The number of rotatable bonds is 4. The second kappa shape index (κ2) is 6.40. The lowest BCUT2D eigenvalue weighted by Gasteiger charge is -2.36. The molecule has 0 spiro atoms. The maximum absolute atomic E-state index is 12.1. The third-order valence-corrected chi connectivity index (χ3v) is 4.67. The summed E-state index contributed by atoms with van der Waals surface area (Å²) >= 11 is 3.50. The van der Waals surface area contributed by atoms with E-state index in [4.69, 9.17) is 0 Å². The van der Waals surface area contributed by atoms with Crippen molar-refractivity contribution >= 4 is 21.7 Å². The molecule has 0 N–H and O–H groups in total. The summed E-state index contributed by atoms with van der Waals surface area (Å²) in [6, 6.07) is 8.37. The summed E-state index contributed by atoms with van der Waals surface area (Å²) in [6.45, 7) is 6.32. The summed E-state index contributed by atoms with van der Waals surface area (Å²) in [5.74, 6) is 0.654. The van der Waals surface area contributed by atoms with Crippen LogP contribution < -0.4 is 0 Å². The first-order valence-corrected chi connectivity index (χ1v) is 8.11. The number of halogens is 1. The van der Waals surface area contributed by atoms with Crippen molar-refractivity contribution in [3.63, 3.8) is 0 Å². The molecule has 0 aliphatic heterocycles. The summed E-state index contributed by atoms with van der Waals surface area (Å²) in [6.07, 6.45) is 2.81. The molecule has 20 heavy (non-hydrogen) atoms. The number of hydrogen-bond donors (Lipinski definition) is 0. The highest BCUT2D eigenvalue weighted by Gasteiger charge is 2.33. The van der Waals surface area contributed by atoms with Crippen LogP contribution in [0.1, 0.15) is 38.7 Å². The SMILES string of the molecule is CN(Cc1cccc(Br)c1)CC1CC(C)(C)CCC1=O. The number of benzene rings is 1. The van der Waals surface area contributed by atoms with Crippen LogP contribution in [0.3, 0.4) is 0 Å². The Bertz CT molecular complexity index is 484. The molecule has 2 rings (SSSR count). The van der Waals surface area contributed by atoms with Crippen LogP contribution in [0.4, 0.5) is 0 Å². The molecule has 0 aromatic heterocycles. The third-order valence-electron chi connectivity index (χ3n) is 4.18. The van der Waals surface area contributed by atoms with E-state index in [0.29, 0.717) is 11.2 Å². The first kappa shape index (κ1) is 15.7. The van der Waals surface area contributed by atoms with Gasteiger partial charge in [0.1, 0.15) is 5.78 Å². The molecule has 1 aliphatic rings. The fourth-order valence-electron chi connectivity index (χ4n) is 3.10. The summed E-state index contributed by atoms with van der Waals surface area (Å²) < 4.78 is 1.11. The van der Waals surface area contributed by atoms with Crippen LogP contribution in [-0.4, -0.2) is 24.3 Å². The maximum Gasteiger partial charge on any atom is 0.137 e. The topological polar surface area (TPSA) is 20.3 Å². The maximum atomic E-state index is 12.1. The molecule has 0 saturated heterocycles. The molecule has 1 atom stereocenters. The van der Waals surface area contributed by atoms with E-state index in [1.165, 1.54) is 5.56 Å². The molecule has 1 aromatic rings. The van der Waals surface area contributed by atoms with Gasteiger partial charge in [-0.2, -0.15) is 0 Å². The van der Waals surface area contributed by atoms with Crippen molar-refractivity contribution in [2.24, 2.45) is 11.3 Å². The van der Waals surface area contributed by atoms with Crippen LogP contribution in [0.2, 0.25) is 0 Å². The van der Waals surface area contributed by atoms with Crippen LogP contribution >= 0.6 is 15.9 Å². The van der Waals surface area contributed by atoms with Crippen molar-refractivity contribution in [3.8, 4) is 0 Å². The van der Waals surface area contributed by atoms with E-state index in [9.17, 15) is 4.79 Å². The van der Waals surface area contributed by atoms with Gasteiger partial charge in [0.2, 0.25) is 0 Å². The molecule has 0 amide bonds. The predicted octanol–water partition coefficient (Wildman–Crippen LogP) is 4.28. The monoisotopic (exact) mass is 337 g/mol. The number of nitrogens with zero attached hydrogens (tertiary/aromatic N) is 1. The Morgan fingerprint density at radius 3 is 2.85 bits per heavy atom. The molecule has 0 heterocycles. The molecule has 1 aliphatic carbocycles. The number of carbonyl (C=O) groups excluding carboxylic acids is 1. The smallest absolute Gasteiger partial charge is 0.137 e. The van der Waals surface area contributed by atoms with E-state index in [1.54, 1.807) is 0 Å². The molecule has 110 valence electrons. The van der Waals surface area contributed by atoms with Crippen LogP contribution in [-0.2, 0) is 11.3 Å². The van der Waals surface area contributed by atoms with Gasteiger partial charge in [0.25, 0.3) is 0 Å². The van der Waals surface area contributed by atoms with E-state index in [1.807, 2.05) is 6.07 Å². The van der Waals surface area contributed by atoms with Gasteiger partial charge in [0.15, 0.2) is 0 Å². The lowest BCUT2D eigenvalue weighted by atomic mass is 9.71. The van der Waals surface area contributed by atoms with Gasteiger partial charge in [0.05, 0.1) is 0 Å². The average Bonchev–Trinajstić information content (AvgIpc) is 2.33. The van der Waals surface area contributed by atoms with Crippen molar-refractivity contribution in [3.05, 3.63) is 34.3 Å². The summed E-state index contributed by atoms with van der Waals surface area (Å²) in [4.78, 5) is 14.4. The van der Waals surface area contributed by atoms with E-state index in [2.05, 4.69) is 59.9 Å². The van der Waals surface area contributed by atoms with Gasteiger partial charge < -0.3 is 4.90 Å². The van der Waals surface area contributed by atoms with E-state index in [-0.39, 0.29) is 5.92 Å². The molecule has 0 bridgehead atoms. The third kappa shape index (κ3) is 4.42. The Morgan fingerprint density at radius 2 is 2.15 bits per heavy atom. The molecule has 1 fully saturated rings. The minimum absolute atomic E-state index is 0.205. The van der Waals surface area contributed by atoms with Crippen molar-refractivity contribution < 1.29 is 4.79 Å². The zero-order chi connectivity index (χ0) is 14.8. The first-order chi connectivity index (χ1) is 9.35. The highest BCUT2D eigenvalue weighted by atomic mass is 79.9. The second-order valence-electron chi connectivity index (χ2n) is 6.86. The molecule has 1 saturated carbocycles. The minimum Gasteiger partial charge on any atom is -0.301 e. The van der Waals surface area contributed by atoms with Gasteiger partial charge in [-0.1, -0.05) is 41.9 Å². The Labute approximate surface area is 130 Å². The van der Waals surface area contributed by atoms with Crippen LogP contribution in [0.15, 0.2) is 28.7 Å². The number of carbonyl (C=O) groups is 1. The minimum atomic E-state index is 0.205. The van der Waals surface area contributed by atoms with Gasteiger partial charge in [0, 0.05) is 29.9 Å². The largest absolute Gasteiger partial charge is 0.301 e. The molecule has 1 aromatic carbocycles. The Morgan fingerprint density at radius 1 is 1.40 bits per heavy atom. The first-order valence-electron chi connectivity index (χ1n) is 7.31. The van der Waals surface area contributed by atoms with E-state index >= 15 is 0 Å². The molecular weight excluding hydrogens is 314 g/mol. The van der Waals surface area contributed by atoms with Gasteiger partial charge in [-0.3, -0.25) is 4.79 Å². The molecule has 1 unspecified atom stereocenters. The highest BCUT2D eigenvalue weighted by Crippen LogP contribution is 2.37. The molecule has 2 nitrogen and oxygen atoms in total. The van der Waals surface area contributed by atoms with Gasteiger partial charge >= 0.3 is 0 Å². The Hall–Kier alpha value is -0.670. The van der Waals surface area contributed by atoms with Crippen molar-refractivity contribution in [1.82, 2.24) is 4.90 Å². The Balaban J connectivity index is 1.93. The quantitative estimate of drug-likeness (QED) is 0.817. The van der Waals surface area contributed by atoms with E-state index in [0.717, 1.165) is 36.8 Å². The zero-order valence-electron chi connectivity index (χ0n) is 12.7. The number of ketones is 1. The molecular formula is C17H24BrNO. The summed E-state index contributed by atoms with van der Waals surface area (Å²) in [5.41, 5.74) is 1.60. The highest BCUT2D eigenvalue weighted by molar-refractivity contribution is 9.10. The Kier molecular flexibility index (Phi) is 5.03. The average molecular weight is 338 g/mol. The van der Waals surface area contributed by atoms with Crippen molar-refractivity contribution in [1.29, 1.82) is 0 Å². The number of Topliss-reactive ketones (excluding diaryl/α,β-unsaturated/α-hetero) is 1. The van der Waals surface area contributed by atoms with Gasteiger partial charge in [-0.05, 0) is 43.0 Å². The van der Waals surface area contributed by atoms with Crippen molar-refractivity contribution in [2.45, 2.75) is 39.7 Å². The van der Waals surface area contributed by atoms with Gasteiger partial charge in [-0.15, -0.1) is 0 Å². The zero-order valence-corrected chi connectivity index (χ0v) is 14.2. The molecule has 0 radical (unpaired) electrons. The standard InChI is InChI=1S/C17H24BrNO/c1-17(2)8-7-16(20)14(10-17)12-19(3)11-13-5-4-6-15(18)9-13/h4-6,9,14H,7-8,10-12H2,1-3H3. The fraction of sp³-hybridized carbons (Fsp3) is 0.588. The normalized spacial score (nSPS) is 22.2. The van der Waals surface area contributed by atoms with Crippen LogP contribution in [0, 0.1) is 11.3 Å². The lowest BCUT2D eigenvalue weighted by Crippen LogP contribution is -2.37. The summed E-state index contributed by atoms with van der Waals surface area (Å²) in [5, 5.41) is 0.